The van der Waals surface area contributed by atoms with Gasteiger partial charge >= 0.3 is 5.97 Å². The van der Waals surface area contributed by atoms with Crippen LogP contribution >= 0.6 is 0 Å². The van der Waals surface area contributed by atoms with Gasteiger partial charge in [0, 0.05) is 6.92 Å². The molecule has 0 unspecified atom stereocenters. The molecule has 5 atom stereocenters. The minimum atomic E-state index is -0.137. The molecule has 2 fully saturated rings. The molecule has 0 aromatic heterocycles. The summed E-state index contributed by atoms with van der Waals surface area (Å²) >= 11 is 0. The summed E-state index contributed by atoms with van der Waals surface area (Å²) in [5.41, 5.74) is 2.88. The summed E-state index contributed by atoms with van der Waals surface area (Å²) in [5.74, 6) is 1.91. The SMILES string of the molecule is C=C(C)CC/C=C/C[C@H]1C[C@H]2[C@H](CCC(=C)C)[C@@]2(C)C[C@H]1OC(C)=O. The standard InChI is InChI=1S/C23H36O2/c1-16(2)10-8-7-9-11-19-14-21-20(13-12-17(3)4)23(21,6)15-22(19)25-18(5)24/h7,9,19-22H,1,3,8,10-15H2,2,4-6H3/b9-7+/t19-,20-,21-,22+,23+/m0/s1. The molecule has 2 nitrogen and oxygen atoms in total. The molecule has 2 aliphatic rings. The molecule has 2 aliphatic carbocycles. The topological polar surface area (TPSA) is 26.3 Å². The van der Waals surface area contributed by atoms with Crippen molar-refractivity contribution in [2.75, 3.05) is 0 Å². The van der Waals surface area contributed by atoms with Crippen molar-refractivity contribution in [1.82, 2.24) is 0 Å². The fraction of sp³-hybridized carbons (Fsp3) is 0.696. The predicted molar refractivity (Wildman–Crippen MR) is 105 cm³/mol. The molecule has 0 radical (unpaired) electrons. The first-order valence-electron chi connectivity index (χ1n) is 9.85. The second-order valence-electron chi connectivity index (χ2n) is 8.77. The predicted octanol–water partition coefficient (Wildman–Crippen LogP) is 6.24. The van der Waals surface area contributed by atoms with Crippen molar-refractivity contribution in [2.24, 2.45) is 23.2 Å². The normalized spacial score (nSPS) is 33.8. The van der Waals surface area contributed by atoms with Gasteiger partial charge in [-0.05, 0) is 82.0 Å². The zero-order valence-corrected chi connectivity index (χ0v) is 16.6. The Bertz CT molecular complexity index is 544. The Labute approximate surface area is 154 Å². The highest BCUT2D eigenvalue weighted by molar-refractivity contribution is 5.66. The first-order valence-corrected chi connectivity index (χ1v) is 9.85. The molecule has 0 heterocycles. The van der Waals surface area contributed by atoms with Gasteiger partial charge in [0.1, 0.15) is 6.10 Å². The van der Waals surface area contributed by atoms with Crippen LogP contribution in [0.1, 0.15) is 72.6 Å². The quantitative estimate of drug-likeness (QED) is 0.365. The van der Waals surface area contributed by atoms with E-state index in [0.29, 0.717) is 11.3 Å². The second-order valence-corrected chi connectivity index (χ2v) is 8.77. The number of allylic oxidation sites excluding steroid dienone is 4. The van der Waals surface area contributed by atoms with E-state index in [9.17, 15) is 4.79 Å². The van der Waals surface area contributed by atoms with E-state index in [1.807, 2.05) is 0 Å². The van der Waals surface area contributed by atoms with Crippen LogP contribution < -0.4 is 0 Å². The highest BCUT2D eigenvalue weighted by atomic mass is 16.5. The van der Waals surface area contributed by atoms with Gasteiger partial charge in [-0.3, -0.25) is 4.79 Å². The average Bonchev–Trinajstić information content (AvgIpc) is 3.06. The third-order valence-corrected chi connectivity index (χ3v) is 6.34. The lowest BCUT2D eigenvalue weighted by molar-refractivity contribution is -0.152. The summed E-state index contributed by atoms with van der Waals surface area (Å²) in [7, 11) is 0. The third-order valence-electron chi connectivity index (χ3n) is 6.34. The zero-order chi connectivity index (χ0) is 18.6. The van der Waals surface area contributed by atoms with Gasteiger partial charge in [-0.1, -0.05) is 30.2 Å². The van der Waals surface area contributed by atoms with Crippen LogP contribution in [0.2, 0.25) is 0 Å². The van der Waals surface area contributed by atoms with E-state index in [1.165, 1.54) is 24.0 Å². The highest BCUT2D eigenvalue weighted by Gasteiger charge is 2.64. The van der Waals surface area contributed by atoms with Crippen LogP contribution in [0.5, 0.6) is 0 Å². The molecule has 0 spiro atoms. The maximum absolute atomic E-state index is 11.6. The Balaban J connectivity index is 1.94. The zero-order valence-electron chi connectivity index (χ0n) is 16.6. The van der Waals surface area contributed by atoms with Crippen molar-refractivity contribution >= 4 is 5.97 Å². The number of ether oxygens (including phenoxy) is 1. The van der Waals surface area contributed by atoms with Gasteiger partial charge in [0.15, 0.2) is 0 Å². The van der Waals surface area contributed by atoms with Gasteiger partial charge in [0.2, 0.25) is 0 Å². The molecule has 0 amide bonds. The molecule has 2 saturated carbocycles. The number of carbonyl (C=O) groups is 1. The van der Waals surface area contributed by atoms with Crippen LogP contribution in [-0.2, 0) is 9.53 Å². The lowest BCUT2D eigenvalue weighted by atomic mass is 9.78. The molecule has 0 aliphatic heterocycles. The molecule has 2 heteroatoms. The van der Waals surface area contributed by atoms with E-state index >= 15 is 0 Å². The lowest BCUT2D eigenvalue weighted by Gasteiger charge is -2.33. The molecular formula is C23H36O2. The van der Waals surface area contributed by atoms with E-state index < -0.39 is 0 Å². The van der Waals surface area contributed by atoms with Crippen molar-refractivity contribution in [3.8, 4) is 0 Å². The van der Waals surface area contributed by atoms with Gasteiger partial charge in [-0.2, -0.15) is 0 Å². The Morgan fingerprint density at radius 2 is 1.84 bits per heavy atom. The van der Waals surface area contributed by atoms with Crippen molar-refractivity contribution < 1.29 is 9.53 Å². The minimum absolute atomic E-state index is 0.0827. The first kappa shape index (κ1) is 20.0. The Morgan fingerprint density at radius 1 is 1.16 bits per heavy atom. The molecule has 2 rings (SSSR count). The van der Waals surface area contributed by atoms with Crippen molar-refractivity contribution in [3.05, 3.63) is 36.5 Å². The monoisotopic (exact) mass is 344 g/mol. The Hall–Kier alpha value is -1.31. The number of hydrogen-bond donors (Lipinski definition) is 0. The van der Waals surface area contributed by atoms with E-state index in [0.717, 1.165) is 43.9 Å². The minimum Gasteiger partial charge on any atom is -0.462 e. The summed E-state index contributed by atoms with van der Waals surface area (Å²) < 4.78 is 5.73. The van der Waals surface area contributed by atoms with Crippen LogP contribution in [0.15, 0.2) is 36.5 Å². The molecule has 140 valence electrons. The van der Waals surface area contributed by atoms with Crippen LogP contribution in [0.4, 0.5) is 0 Å². The molecular weight excluding hydrogens is 308 g/mol. The van der Waals surface area contributed by atoms with E-state index in [2.05, 4.69) is 46.1 Å². The largest absolute Gasteiger partial charge is 0.462 e. The average molecular weight is 345 g/mol. The van der Waals surface area contributed by atoms with E-state index in [-0.39, 0.29) is 12.1 Å². The fourth-order valence-electron chi connectivity index (χ4n) is 4.83. The van der Waals surface area contributed by atoms with Crippen LogP contribution in [0.25, 0.3) is 0 Å². The Kier molecular flexibility index (Phi) is 6.71. The van der Waals surface area contributed by atoms with Crippen molar-refractivity contribution in [3.63, 3.8) is 0 Å². The fourth-order valence-corrected chi connectivity index (χ4v) is 4.83. The van der Waals surface area contributed by atoms with Crippen LogP contribution in [0, 0.1) is 23.2 Å². The lowest BCUT2D eigenvalue weighted by Crippen LogP contribution is -2.33. The van der Waals surface area contributed by atoms with Crippen LogP contribution in [0.3, 0.4) is 0 Å². The van der Waals surface area contributed by atoms with E-state index in [1.54, 1.807) is 6.92 Å². The number of rotatable bonds is 9. The number of fused-ring (bicyclic) bond motifs is 1. The third kappa shape index (κ3) is 5.33. The molecule has 0 saturated heterocycles. The number of hydrogen-bond acceptors (Lipinski definition) is 2. The summed E-state index contributed by atoms with van der Waals surface area (Å²) in [5, 5.41) is 0. The summed E-state index contributed by atoms with van der Waals surface area (Å²) in [6.45, 7) is 16.1. The van der Waals surface area contributed by atoms with Crippen molar-refractivity contribution in [1.29, 1.82) is 0 Å². The maximum Gasteiger partial charge on any atom is 0.302 e. The number of carbonyl (C=O) groups excluding carboxylic acids is 1. The molecule has 0 N–H and O–H groups in total. The molecule has 0 aromatic carbocycles. The second kappa shape index (κ2) is 8.38. The van der Waals surface area contributed by atoms with Gasteiger partial charge < -0.3 is 4.74 Å². The summed E-state index contributed by atoms with van der Waals surface area (Å²) in [6, 6.07) is 0. The highest BCUT2D eigenvalue weighted by Crippen LogP contribution is 2.69. The molecule has 0 bridgehead atoms. The van der Waals surface area contributed by atoms with Gasteiger partial charge in [0.25, 0.3) is 0 Å². The summed E-state index contributed by atoms with van der Waals surface area (Å²) in [4.78, 5) is 11.6. The Morgan fingerprint density at radius 3 is 2.44 bits per heavy atom. The molecule has 0 aromatic rings. The maximum atomic E-state index is 11.6. The number of esters is 1. The van der Waals surface area contributed by atoms with E-state index in [4.69, 9.17) is 4.74 Å². The van der Waals surface area contributed by atoms with Gasteiger partial charge in [0.05, 0.1) is 0 Å². The van der Waals surface area contributed by atoms with Gasteiger partial charge in [-0.15, -0.1) is 13.2 Å². The molecule has 25 heavy (non-hydrogen) atoms. The smallest absolute Gasteiger partial charge is 0.302 e. The van der Waals surface area contributed by atoms with Crippen molar-refractivity contribution in [2.45, 2.75) is 78.7 Å². The van der Waals surface area contributed by atoms with Crippen LogP contribution in [-0.4, -0.2) is 12.1 Å². The first-order chi connectivity index (χ1) is 11.7. The van der Waals surface area contributed by atoms with Gasteiger partial charge in [-0.25, -0.2) is 0 Å². The summed E-state index contributed by atoms with van der Waals surface area (Å²) in [6.07, 6.45) is 12.4.